The smallest absolute Gasteiger partial charge is 0.251 e. The van der Waals surface area contributed by atoms with Crippen molar-refractivity contribution in [2.45, 2.75) is 39.2 Å². The van der Waals surface area contributed by atoms with Crippen LogP contribution in [-0.2, 0) is 22.5 Å². The Bertz CT molecular complexity index is 1100. The molecule has 7 nitrogen and oxygen atoms in total. The van der Waals surface area contributed by atoms with Crippen LogP contribution in [-0.4, -0.2) is 59.1 Å². The highest BCUT2D eigenvalue weighted by Gasteiger charge is 2.20. The van der Waals surface area contributed by atoms with E-state index in [0.717, 1.165) is 48.1 Å². The van der Waals surface area contributed by atoms with Gasteiger partial charge in [-0.3, -0.25) is 9.59 Å². The number of imidazole rings is 1. The molecule has 2 heterocycles. The molecule has 3 aromatic rings. The van der Waals surface area contributed by atoms with Crippen LogP contribution in [0.4, 0.5) is 0 Å². The molecular weight excluding hydrogens is 416 g/mol. The molecule has 0 unspecified atom stereocenters. The van der Waals surface area contributed by atoms with Crippen LogP contribution < -0.4 is 5.32 Å². The van der Waals surface area contributed by atoms with Gasteiger partial charge in [0.05, 0.1) is 24.2 Å². The number of aryl methyl sites for hydroxylation is 2. The third-order valence-corrected chi connectivity index (χ3v) is 6.03. The minimum absolute atomic E-state index is 0.0258. The largest absolute Gasteiger partial charge is 0.378 e. The molecule has 1 aliphatic heterocycles. The number of para-hydroxylation sites is 2. The van der Waals surface area contributed by atoms with Gasteiger partial charge in [0, 0.05) is 31.6 Å². The molecule has 0 saturated carbocycles. The number of carbonyl (C=O) groups excluding carboxylic acids is 2. The Balaban J connectivity index is 1.29. The Hall–Kier alpha value is -3.19. The zero-order chi connectivity index (χ0) is 23.0. The normalized spacial score (nSPS) is 13.9. The van der Waals surface area contributed by atoms with E-state index < -0.39 is 0 Å². The lowest BCUT2D eigenvalue weighted by Crippen LogP contribution is -2.42. The van der Waals surface area contributed by atoms with Crippen molar-refractivity contribution < 1.29 is 14.3 Å². The van der Waals surface area contributed by atoms with Crippen molar-refractivity contribution in [1.29, 1.82) is 0 Å². The van der Waals surface area contributed by atoms with Gasteiger partial charge in [-0.15, -0.1) is 0 Å². The van der Waals surface area contributed by atoms with Crippen molar-refractivity contribution in [2.75, 3.05) is 32.8 Å². The summed E-state index contributed by atoms with van der Waals surface area (Å²) in [4.78, 5) is 31.8. The molecule has 0 atom stereocenters. The third kappa shape index (κ3) is 5.99. The summed E-state index contributed by atoms with van der Waals surface area (Å²) in [6.07, 6.45) is 3.64. The Morgan fingerprint density at radius 1 is 1.03 bits per heavy atom. The molecule has 1 aliphatic rings. The summed E-state index contributed by atoms with van der Waals surface area (Å²) in [5.41, 5.74) is 3.71. The van der Waals surface area contributed by atoms with Gasteiger partial charge in [-0.25, -0.2) is 4.98 Å². The molecule has 1 fully saturated rings. The summed E-state index contributed by atoms with van der Waals surface area (Å²) in [5.74, 6) is 1.03. The van der Waals surface area contributed by atoms with E-state index in [1.54, 1.807) is 0 Å². The van der Waals surface area contributed by atoms with Gasteiger partial charge in [-0.05, 0) is 44.0 Å². The standard InChI is InChI=1S/C26H32N4O3/c1-20-8-7-9-21(18-20)26(32)27-13-6-2-3-12-24-28-22-10-4-5-11-23(22)30(24)19-25(31)29-14-16-33-17-15-29/h4-5,7-11,18H,2-3,6,12-17,19H2,1H3,(H,27,32). The number of hydrogen-bond acceptors (Lipinski definition) is 4. The van der Waals surface area contributed by atoms with Crippen molar-refractivity contribution in [3.8, 4) is 0 Å². The fourth-order valence-corrected chi connectivity index (χ4v) is 4.22. The lowest BCUT2D eigenvalue weighted by Gasteiger charge is -2.27. The van der Waals surface area contributed by atoms with Crippen LogP contribution in [0.25, 0.3) is 11.0 Å². The predicted octanol–water partition coefficient (Wildman–Crippen LogP) is 3.35. The maximum atomic E-state index is 12.9. The molecule has 0 aliphatic carbocycles. The van der Waals surface area contributed by atoms with Crippen molar-refractivity contribution >= 4 is 22.8 Å². The molecule has 0 bridgehead atoms. The van der Waals surface area contributed by atoms with Gasteiger partial charge in [0.15, 0.2) is 0 Å². The number of aromatic nitrogens is 2. The van der Waals surface area contributed by atoms with Crippen molar-refractivity contribution in [2.24, 2.45) is 0 Å². The molecule has 1 saturated heterocycles. The minimum atomic E-state index is -0.0258. The molecule has 4 rings (SSSR count). The zero-order valence-corrected chi connectivity index (χ0v) is 19.3. The third-order valence-electron chi connectivity index (χ3n) is 6.03. The first kappa shape index (κ1) is 23.0. The Labute approximate surface area is 194 Å². The van der Waals surface area contributed by atoms with Gasteiger partial charge in [0.25, 0.3) is 5.91 Å². The maximum Gasteiger partial charge on any atom is 0.251 e. The van der Waals surface area contributed by atoms with Crippen LogP contribution in [0.5, 0.6) is 0 Å². The van der Waals surface area contributed by atoms with Crippen LogP contribution in [0.2, 0.25) is 0 Å². The summed E-state index contributed by atoms with van der Waals surface area (Å²) in [7, 11) is 0. The SMILES string of the molecule is Cc1cccc(C(=O)NCCCCCc2nc3ccccc3n2CC(=O)N2CCOCC2)c1. The number of rotatable bonds is 9. The van der Waals surface area contributed by atoms with E-state index in [9.17, 15) is 9.59 Å². The van der Waals surface area contributed by atoms with E-state index in [0.29, 0.717) is 45.0 Å². The fourth-order valence-electron chi connectivity index (χ4n) is 4.22. The van der Waals surface area contributed by atoms with Gasteiger partial charge in [0.1, 0.15) is 12.4 Å². The number of carbonyl (C=O) groups is 2. The second-order valence-corrected chi connectivity index (χ2v) is 8.53. The van der Waals surface area contributed by atoms with Crippen LogP contribution in [0.3, 0.4) is 0 Å². The van der Waals surface area contributed by atoms with Gasteiger partial charge in [-0.2, -0.15) is 0 Å². The van der Waals surface area contributed by atoms with Gasteiger partial charge >= 0.3 is 0 Å². The molecule has 1 N–H and O–H groups in total. The number of amides is 2. The number of fused-ring (bicyclic) bond motifs is 1. The number of hydrogen-bond donors (Lipinski definition) is 1. The van der Waals surface area contributed by atoms with Crippen LogP contribution in [0, 0.1) is 6.92 Å². The number of ether oxygens (including phenoxy) is 1. The summed E-state index contributed by atoms with van der Waals surface area (Å²) in [6.45, 7) is 5.44. The monoisotopic (exact) mass is 448 g/mol. The lowest BCUT2D eigenvalue weighted by atomic mass is 10.1. The number of unbranched alkanes of at least 4 members (excludes halogenated alkanes) is 2. The van der Waals surface area contributed by atoms with Crippen molar-refractivity contribution in [1.82, 2.24) is 19.8 Å². The second kappa shape index (κ2) is 11.1. The molecule has 0 radical (unpaired) electrons. The van der Waals surface area contributed by atoms with E-state index >= 15 is 0 Å². The van der Waals surface area contributed by atoms with Crippen LogP contribution >= 0.6 is 0 Å². The highest BCUT2D eigenvalue weighted by molar-refractivity contribution is 5.94. The van der Waals surface area contributed by atoms with Crippen molar-refractivity contribution in [3.63, 3.8) is 0 Å². The number of benzene rings is 2. The molecule has 174 valence electrons. The maximum absolute atomic E-state index is 12.9. The first-order valence-electron chi connectivity index (χ1n) is 11.8. The highest BCUT2D eigenvalue weighted by Crippen LogP contribution is 2.18. The van der Waals surface area contributed by atoms with E-state index in [1.807, 2.05) is 60.4 Å². The average Bonchev–Trinajstić information content (AvgIpc) is 3.18. The van der Waals surface area contributed by atoms with Gasteiger partial charge in [-0.1, -0.05) is 36.2 Å². The second-order valence-electron chi connectivity index (χ2n) is 8.53. The number of nitrogens with one attached hydrogen (secondary N) is 1. The summed E-state index contributed by atoms with van der Waals surface area (Å²) in [5, 5.41) is 3.00. The summed E-state index contributed by atoms with van der Waals surface area (Å²) < 4.78 is 7.43. The minimum Gasteiger partial charge on any atom is -0.378 e. The molecule has 2 amide bonds. The first-order valence-corrected chi connectivity index (χ1v) is 11.8. The summed E-state index contributed by atoms with van der Waals surface area (Å²) in [6, 6.07) is 15.6. The average molecular weight is 449 g/mol. The summed E-state index contributed by atoms with van der Waals surface area (Å²) >= 11 is 0. The van der Waals surface area contributed by atoms with Crippen molar-refractivity contribution in [3.05, 3.63) is 65.5 Å². The molecule has 1 aromatic heterocycles. The molecular formula is C26H32N4O3. The number of nitrogens with zero attached hydrogens (tertiary/aromatic N) is 3. The van der Waals surface area contributed by atoms with Crippen LogP contribution in [0.15, 0.2) is 48.5 Å². The predicted molar refractivity (Wildman–Crippen MR) is 128 cm³/mol. The Morgan fingerprint density at radius 2 is 1.85 bits per heavy atom. The van der Waals surface area contributed by atoms with E-state index in [4.69, 9.17) is 9.72 Å². The Morgan fingerprint density at radius 3 is 2.67 bits per heavy atom. The van der Waals surface area contributed by atoms with Gasteiger partial charge in [0.2, 0.25) is 5.91 Å². The lowest BCUT2D eigenvalue weighted by molar-refractivity contribution is -0.135. The first-order chi connectivity index (χ1) is 16.1. The molecule has 33 heavy (non-hydrogen) atoms. The van der Waals surface area contributed by atoms with E-state index in [-0.39, 0.29) is 11.8 Å². The molecule has 7 heteroatoms. The van der Waals surface area contributed by atoms with E-state index in [2.05, 4.69) is 9.88 Å². The zero-order valence-electron chi connectivity index (χ0n) is 19.3. The highest BCUT2D eigenvalue weighted by atomic mass is 16.5. The molecule has 0 spiro atoms. The number of morpholine rings is 1. The topological polar surface area (TPSA) is 76.5 Å². The Kier molecular flexibility index (Phi) is 7.73. The van der Waals surface area contributed by atoms with E-state index in [1.165, 1.54) is 0 Å². The fraction of sp³-hybridized carbons (Fsp3) is 0.423. The van der Waals surface area contributed by atoms with Gasteiger partial charge < -0.3 is 19.5 Å². The quantitative estimate of drug-likeness (QED) is 0.510. The van der Waals surface area contributed by atoms with Crippen LogP contribution in [0.1, 0.15) is 41.0 Å². The molecule has 2 aromatic carbocycles.